The van der Waals surface area contributed by atoms with Crippen molar-refractivity contribution in [2.45, 2.75) is 25.7 Å². The number of unbranched alkanes of at least 4 members (excludes halogenated alkanes) is 1. The van der Waals surface area contributed by atoms with E-state index < -0.39 is 0 Å². The Bertz CT molecular complexity index is 617. The molecule has 5 nitrogen and oxygen atoms in total. The molecule has 0 fully saturated rings. The number of nitrogens with two attached hydrogens (primary N) is 1. The molecule has 0 radical (unpaired) electrons. The van der Waals surface area contributed by atoms with E-state index in [1.807, 2.05) is 30.3 Å². The van der Waals surface area contributed by atoms with Gasteiger partial charge in [-0.05, 0) is 49.1 Å². The molecule has 2 rings (SSSR count). The topological polar surface area (TPSA) is 72.5 Å². The van der Waals surface area contributed by atoms with Gasteiger partial charge in [0.1, 0.15) is 5.75 Å². The smallest absolute Gasteiger partial charge is 0.188 e. The van der Waals surface area contributed by atoms with Gasteiger partial charge in [0.25, 0.3) is 0 Å². The maximum atomic E-state index is 5.87. The standard InChI is InChI=1S/C19H26N4O.HI/c1-24-18-10-8-16(9-11-18)6-2-4-14-22-19(20)23-15-12-17-7-3-5-13-21-17;/h3,5,7-11,13H,2,4,6,12,14-15H2,1H3,(H3,20,22,23);1H. The number of nitrogens with zero attached hydrogens (tertiary/aromatic N) is 2. The molecule has 1 heterocycles. The summed E-state index contributed by atoms with van der Waals surface area (Å²) in [7, 11) is 1.68. The van der Waals surface area contributed by atoms with Crippen LogP contribution in [0, 0.1) is 0 Å². The van der Waals surface area contributed by atoms with Crippen LogP contribution in [0.2, 0.25) is 0 Å². The second-order valence-corrected chi connectivity index (χ2v) is 5.57. The van der Waals surface area contributed by atoms with Crippen molar-refractivity contribution in [2.24, 2.45) is 10.7 Å². The number of hydrogen-bond acceptors (Lipinski definition) is 3. The molecule has 1 aromatic carbocycles. The maximum Gasteiger partial charge on any atom is 0.188 e. The monoisotopic (exact) mass is 454 g/mol. The molecule has 0 bridgehead atoms. The number of nitrogens with one attached hydrogen (secondary N) is 1. The second-order valence-electron chi connectivity index (χ2n) is 5.57. The molecule has 3 N–H and O–H groups in total. The summed E-state index contributed by atoms with van der Waals surface area (Å²) in [5.74, 6) is 1.41. The van der Waals surface area contributed by atoms with Gasteiger partial charge in [-0.2, -0.15) is 0 Å². The Hall–Kier alpha value is -1.83. The minimum Gasteiger partial charge on any atom is -0.497 e. The summed E-state index contributed by atoms with van der Waals surface area (Å²) < 4.78 is 5.16. The Morgan fingerprint density at radius 3 is 2.60 bits per heavy atom. The van der Waals surface area contributed by atoms with Gasteiger partial charge < -0.3 is 15.8 Å². The molecule has 136 valence electrons. The molecule has 0 aliphatic rings. The summed E-state index contributed by atoms with van der Waals surface area (Å²) in [6.45, 7) is 1.50. The number of methoxy groups -OCH3 is 1. The number of benzene rings is 1. The number of aryl methyl sites for hydroxylation is 1. The van der Waals surface area contributed by atoms with Gasteiger partial charge in [-0.1, -0.05) is 18.2 Å². The molecule has 0 amide bonds. The minimum absolute atomic E-state index is 0. The molecule has 1 aromatic heterocycles. The molecule has 0 aliphatic heterocycles. The summed E-state index contributed by atoms with van der Waals surface area (Å²) in [6, 6.07) is 14.1. The highest BCUT2D eigenvalue weighted by Gasteiger charge is 1.97. The van der Waals surface area contributed by atoms with Crippen LogP contribution in [0.3, 0.4) is 0 Å². The third-order valence-corrected chi connectivity index (χ3v) is 3.73. The summed E-state index contributed by atoms with van der Waals surface area (Å²) >= 11 is 0. The van der Waals surface area contributed by atoms with Gasteiger partial charge in [0.05, 0.1) is 7.11 Å². The maximum absolute atomic E-state index is 5.87. The first kappa shape index (κ1) is 21.2. The lowest BCUT2D eigenvalue weighted by Gasteiger charge is -2.05. The lowest BCUT2D eigenvalue weighted by Crippen LogP contribution is -2.33. The second kappa shape index (κ2) is 12.5. The molecule has 0 atom stereocenters. The normalized spacial score (nSPS) is 10.8. The third-order valence-electron chi connectivity index (χ3n) is 3.73. The van der Waals surface area contributed by atoms with Crippen molar-refractivity contribution >= 4 is 29.9 Å². The van der Waals surface area contributed by atoms with Gasteiger partial charge in [0.2, 0.25) is 0 Å². The van der Waals surface area contributed by atoms with Crippen molar-refractivity contribution < 1.29 is 4.74 Å². The van der Waals surface area contributed by atoms with Gasteiger partial charge in [-0.25, -0.2) is 0 Å². The Kier molecular flexibility index (Phi) is 10.6. The molecule has 2 aromatic rings. The van der Waals surface area contributed by atoms with E-state index in [1.165, 1.54) is 5.56 Å². The van der Waals surface area contributed by atoms with Crippen LogP contribution < -0.4 is 15.8 Å². The number of rotatable bonds is 9. The van der Waals surface area contributed by atoms with E-state index in [0.717, 1.165) is 50.2 Å². The van der Waals surface area contributed by atoms with Crippen LogP contribution >= 0.6 is 24.0 Å². The molecular formula is C19H27IN4O. The van der Waals surface area contributed by atoms with Crippen molar-refractivity contribution in [1.82, 2.24) is 10.3 Å². The highest BCUT2D eigenvalue weighted by atomic mass is 127. The zero-order chi connectivity index (χ0) is 17.0. The van der Waals surface area contributed by atoms with Crippen LogP contribution in [0.15, 0.2) is 53.7 Å². The number of guanidine groups is 1. The molecule has 0 aliphatic carbocycles. The lowest BCUT2D eigenvalue weighted by atomic mass is 10.1. The van der Waals surface area contributed by atoms with Crippen LogP contribution in [0.25, 0.3) is 0 Å². The van der Waals surface area contributed by atoms with Crippen molar-refractivity contribution in [3.8, 4) is 5.75 Å². The number of aliphatic imine (C=N–C) groups is 1. The van der Waals surface area contributed by atoms with Crippen molar-refractivity contribution in [3.05, 3.63) is 59.9 Å². The number of ether oxygens (including phenoxy) is 1. The zero-order valence-corrected chi connectivity index (χ0v) is 17.0. The molecule has 0 spiro atoms. The lowest BCUT2D eigenvalue weighted by molar-refractivity contribution is 0.414. The summed E-state index contributed by atoms with van der Waals surface area (Å²) in [5, 5.41) is 3.13. The quantitative estimate of drug-likeness (QED) is 0.264. The van der Waals surface area contributed by atoms with Gasteiger partial charge in [-0.15, -0.1) is 24.0 Å². The van der Waals surface area contributed by atoms with Gasteiger partial charge in [0, 0.05) is 31.4 Å². The van der Waals surface area contributed by atoms with E-state index in [0.29, 0.717) is 5.96 Å². The summed E-state index contributed by atoms with van der Waals surface area (Å²) in [5.41, 5.74) is 8.24. The Morgan fingerprint density at radius 1 is 1.12 bits per heavy atom. The van der Waals surface area contributed by atoms with E-state index in [2.05, 4.69) is 27.4 Å². The van der Waals surface area contributed by atoms with E-state index in [-0.39, 0.29) is 24.0 Å². The van der Waals surface area contributed by atoms with Crippen LogP contribution in [-0.4, -0.2) is 31.1 Å². The van der Waals surface area contributed by atoms with Gasteiger partial charge in [-0.3, -0.25) is 9.98 Å². The Morgan fingerprint density at radius 2 is 1.92 bits per heavy atom. The molecule has 0 unspecified atom stereocenters. The largest absolute Gasteiger partial charge is 0.497 e. The average Bonchev–Trinajstić information content (AvgIpc) is 2.63. The first-order valence-electron chi connectivity index (χ1n) is 8.34. The van der Waals surface area contributed by atoms with Crippen molar-refractivity contribution in [1.29, 1.82) is 0 Å². The predicted molar refractivity (Wildman–Crippen MR) is 114 cm³/mol. The number of hydrogen-bond donors (Lipinski definition) is 2. The first-order chi connectivity index (χ1) is 11.8. The number of halogens is 1. The van der Waals surface area contributed by atoms with Crippen LogP contribution in [0.5, 0.6) is 5.75 Å². The number of aromatic nitrogens is 1. The SMILES string of the molecule is COc1ccc(CCCCN=C(N)NCCc2ccccn2)cc1.I. The van der Waals surface area contributed by atoms with E-state index in [1.54, 1.807) is 13.3 Å². The Balaban J connectivity index is 0.00000312. The van der Waals surface area contributed by atoms with Crippen LogP contribution in [-0.2, 0) is 12.8 Å². The van der Waals surface area contributed by atoms with E-state index in [9.17, 15) is 0 Å². The average molecular weight is 454 g/mol. The number of pyridine rings is 1. The zero-order valence-electron chi connectivity index (χ0n) is 14.6. The Labute approximate surface area is 167 Å². The summed E-state index contributed by atoms with van der Waals surface area (Å²) in [6.07, 6.45) is 5.81. The highest BCUT2D eigenvalue weighted by Crippen LogP contribution is 2.13. The minimum atomic E-state index is 0. The predicted octanol–water partition coefficient (Wildman–Crippen LogP) is 3.18. The fraction of sp³-hybridized carbons (Fsp3) is 0.368. The summed E-state index contributed by atoms with van der Waals surface area (Å²) in [4.78, 5) is 8.63. The molecular weight excluding hydrogens is 427 g/mol. The fourth-order valence-electron chi connectivity index (χ4n) is 2.35. The fourth-order valence-corrected chi connectivity index (χ4v) is 2.35. The van der Waals surface area contributed by atoms with E-state index >= 15 is 0 Å². The van der Waals surface area contributed by atoms with Crippen molar-refractivity contribution in [3.63, 3.8) is 0 Å². The van der Waals surface area contributed by atoms with Crippen molar-refractivity contribution in [2.75, 3.05) is 20.2 Å². The van der Waals surface area contributed by atoms with Crippen LogP contribution in [0.1, 0.15) is 24.1 Å². The molecule has 0 saturated carbocycles. The first-order valence-corrected chi connectivity index (χ1v) is 8.34. The van der Waals surface area contributed by atoms with Gasteiger partial charge in [0.15, 0.2) is 5.96 Å². The molecule has 0 saturated heterocycles. The molecule has 25 heavy (non-hydrogen) atoms. The van der Waals surface area contributed by atoms with Crippen LogP contribution in [0.4, 0.5) is 0 Å². The molecule has 6 heteroatoms. The van der Waals surface area contributed by atoms with E-state index in [4.69, 9.17) is 10.5 Å². The van der Waals surface area contributed by atoms with Gasteiger partial charge >= 0.3 is 0 Å². The highest BCUT2D eigenvalue weighted by molar-refractivity contribution is 14.0. The third kappa shape index (κ3) is 8.72.